The Morgan fingerprint density at radius 3 is 2.83 bits per heavy atom. The van der Waals surface area contributed by atoms with Gasteiger partial charge >= 0.3 is 0 Å². The number of aromatic nitrogens is 3. The minimum atomic E-state index is 0.602. The first-order chi connectivity index (χ1) is 8.78. The van der Waals surface area contributed by atoms with Crippen LogP contribution in [0.1, 0.15) is 15.9 Å². The summed E-state index contributed by atoms with van der Waals surface area (Å²) in [5.74, 6) is 0.783. The molecular formula is C14H11N3O. The van der Waals surface area contributed by atoms with Crippen molar-refractivity contribution in [3.8, 4) is 11.4 Å². The Kier molecular flexibility index (Phi) is 2.41. The Hall–Kier alpha value is -2.49. The number of aldehydes is 1. The maximum Gasteiger partial charge on any atom is 0.168 e. The van der Waals surface area contributed by atoms with Gasteiger partial charge in [0, 0.05) is 17.3 Å². The molecular weight excluding hydrogens is 226 g/mol. The largest absolute Gasteiger partial charge is 0.298 e. The molecule has 2 aromatic heterocycles. The first kappa shape index (κ1) is 10.7. The van der Waals surface area contributed by atoms with E-state index in [4.69, 9.17) is 0 Å². The summed E-state index contributed by atoms with van der Waals surface area (Å²) in [6.45, 7) is 2.04. The third-order valence-corrected chi connectivity index (χ3v) is 2.85. The van der Waals surface area contributed by atoms with Crippen molar-refractivity contribution in [2.75, 3.05) is 0 Å². The molecule has 0 radical (unpaired) electrons. The van der Waals surface area contributed by atoms with E-state index in [1.165, 1.54) is 5.56 Å². The maximum absolute atomic E-state index is 10.7. The molecule has 4 heteroatoms. The molecule has 1 aromatic carbocycles. The van der Waals surface area contributed by atoms with Crippen molar-refractivity contribution in [2.24, 2.45) is 0 Å². The van der Waals surface area contributed by atoms with Crippen LogP contribution in [0.3, 0.4) is 0 Å². The van der Waals surface area contributed by atoms with Crippen LogP contribution in [0.2, 0.25) is 0 Å². The number of hydrogen-bond acceptors (Lipinski definition) is 3. The van der Waals surface area contributed by atoms with E-state index in [-0.39, 0.29) is 0 Å². The molecule has 0 saturated heterocycles. The van der Waals surface area contributed by atoms with Crippen molar-refractivity contribution in [3.63, 3.8) is 0 Å². The first-order valence-corrected chi connectivity index (χ1v) is 5.65. The Balaban J connectivity index is 2.21. The molecule has 0 unspecified atom stereocenters. The number of benzene rings is 1. The number of pyridine rings is 1. The molecule has 0 bridgehead atoms. The van der Waals surface area contributed by atoms with E-state index in [0.717, 1.165) is 17.7 Å². The molecule has 3 aromatic rings. The summed E-state index contributed by atoms with van der Waals surface area (Å²) in [7, 11) is 0. The van der Waals surface area contributed by atoms with E-state index in [0.29, 0.717) is 11.2 Å². The highest BCUT2D eigenvalue weighted by molar-refractivity contribution is 5.77. The Morgan fingerprint density at radius 2 is 2.06 bits per heavy atom. The zero-order valence-electron chi connectivity index (χ0n) is 9.87. The number of fused-ring (bicyclic) bond motifs is 1. The minimum Gasteiger partial charge on any atom is -0.298 e. The lowest BCUT2D eigenvalue weighted by atomic mass is 10.1. The minimum absolute atomic E-state index is 0.602. The summed E-state index contributed by atoms with van der Waals surface area (Å²) in [4.78, 5) is 10.7. The number of rotatable bonds is 2. The van der Waals surface area contributed by atoms with Gasteiger partial charge in [-0.3, -0.25) is 9.20 Å². The zero-order chi connectivity index (χ0) is 12.5. The summed E-state index contributed by atoms with van der Waals surface area (Å²) >= 11 is 0. The first-order valence-electron chi connectivity index (χ1n) is 5.65. The fourth-order valence-electron chi connectivity index (χ4n) is 1.96. The molecule has 0 spiro atoms. The third kappa shape index (κ3) is 1.68. The standard InChI is InChI=1S/C14H11N3O/c1-10-3-2-4-12(7-10)14-16-15-13-8-11(9-18)5-6-17(13)14/h2-9H,1H3. The fraction of sp³-hybridized carbons (Fsp3) is 0.0714. The number of nitrogens with zero attached hydrogens (tertiary/aromatic N) is 3. The number of hydrogen-bond donors (Lipinski definition) is 0. The van der Waals surface area contributed by atoms with Gasteiger partial charge in [0.15, 0.2) is 11.5 Å². The van der Waals surface area contributed by atoms with Crippen LogP contribution in [0.25, 0.3) is 17.0 Å². The average molecular weight is 237 g/mol. The molecule has 4 nitrogen and oxygen atoms in total. The van der Waals surface area contributed by atoms with E-state index in [1.54, 1.807) is 12.1 Å². The molecule has 2 heterocycles. The summed E-state index contributed by atoms with van der Waals surface area (Å²) in [5, 5.41) is 8.27. The molecule has 3 rings (SSSR count). The number of aryl methyl sites for hydroxylation is 1. The van der Waals surface area contributed by atoms with Gasteiger partial charge in [-0.05, 0) is 25.1 Å². The lowest BCUT2D eigenvalue weighted by molar-refractivity contribution is 0.112. The summed E-state index contributed by atoms with van der Waals surface area (Å²) in [5.41, 5.74) is 3.47. The Morgan fingerprint density at radius 1 is 1.17 bits per heavy atom. The van der Waals surface area contributed by atoms with Crippen LogP contribution in [-0.4, -0.2) is 20.9 Å². The van der Waals surface area contributed by atoms with Crippen molar-refractivity contribution < 1.29 is 4.79 Å². The average Bonchev–Trinajstić information content (AvgIpc) is 2.81. The van der Waals surface area contributed by atoms with Gasteiger partial charge in [0.1, 0.15) is 6.29 Å². The lowest BCUT2D eigenvalue weighted by Crippen LogP contribution is -1.91. The highest BCUT2D eigenvalue weighted by Gasteiger charge is 2.08. The zero-order valence-corrected chi connectivity index (χ0v) is 9.87. The second-order valence-corrected chi connectivity index (χ2v) is 4.20. The van der Waals surface area contributed by atoms with E-state index in [1.807, 2.05) is 35.7 Å². The second kappa shape index (κ2) is 4.07. The quantitative estimate of drug-likeness (QED) is 0.643. The van der Waals surface area contributed by atoms with Crippen LogP contribution < -0.4 is 0 Å². The third-order valence-electron chi connectivity index (χ3n) is 2.85. The maximum atomic E-state index is 10.7. The van der Waals surface area contributed by atoms with E-state index >= 15 is 0 Å². The lowest BCUT2D eigenvalue weighted by Gasteiger charge is -2.01. The molecule has 0 aliphatic carbocycles. The van der Waals surface area contributed by atoms with E-state index < -0.39 is 0 Å². The molecule has 0 N–H and O–H groups in total. The monoisotopic (exact) mass is 237 g/mol. The van der Waals surface area contributed by atoms with Gasteiger partial charge in [0.2, 0.25) is 0 Å². The van der Waals surface area contributed by atoms with Crippen LogP contribution in [0, 0.1) is 6.92 Å². The molecule has 0 fully saturated rings. The normalized spacial score (nSPS) is 10.7. The predicted molar refractivity (Wildman–Crippen MR) is 68.5 cm³/mol. The van der Waals surface area contributed by atoms with Gasteiger partial charge in [-0.2, -0.15) is 0 Å². The molecule has 0 atom stereocenters. The van der Waals surface area contributed by atoms with Crippen LogP contribution in [0.4, 0.5) is 0 Å². The smallest absolute Gasteiger partial charge is 0.168 e. The van der Waals surface area contributed by atoms with Gasteiger partial charge in [0.05, 0.1) is 0 Å². The van der Waals surface area contributed by atoms with Crippen molar-refractivity contribution in [1.29, 1.82) is 0 Å². The molecule has 0 amide bonds. The molecule has 88 valence electrons. The van der Waals surface area contributed by atoms with Crippen molar-refractivity contribution in [1.82, 2.24) is 14.6 Å². The van der Waals surface area contributed by atoms with Crippen molar-refractivity contribution >= 4 is 11.9 Å². The van der Waals surface area contributed by atoms with Crippen LogP contribution in [0.15, 0.2) is 42.6 Å². The Bertz CT molecular complexity index is 731. The van der Waals surface area contributed by atoms with Crippen LogP contribution >= 0.6 is 0 Å². The predicted octanol–water partition coefficient (Wildman–Crippen LogP) is 2.52. The van der Waals surface area contributed by atoms with Crippen molar-refractivity contribution in [3.05, 3.63) is 53.7 Å². The van der Waals surface area contributed by atoms with Gasteiger partial charge in [-0.25, -0.2) is 0 Å². The molecule has 18 heavy (non-hydrogen) atoms. The fourth-order valence-corrected chi connectivity index (χ4v) is 1.96. The Labute approximate surface area is 104 Å². The second-order valence-electron chi connectivity index (χ2n) is 4.20. The van der Waals surface area contributed by atoms with Crippen LogP contribution in [-0.2, 0) is 0 Å². The van der Waals surface area contributed by atoms with Gasteiger partial charge < -0.3 is 0 Å². The molecule has 0 saturated carbocycles. The molecule has 0 aliphatic heterocycles. The number of carbonyl (C=O) groups is 1. The van der Waals surface area contributed by atoms with Gasteiger partial charge in [0.25, 0.3) is 0 Å². The number of carbonyl (C=O) groups excluding carboxylic acids is 1. The molecule has 0 aliphatic rings. The topological polar surface area (TPSA) is 47.3 Å². The van der Waals surface area contributed by atoms with Gasteiger partial charge in [-0.1, -0.05) is 23.8 Å². The van der Waals surface area contributed by atoms with Crippen molar-refractivity contribution in [2.45, 2.75) is 6.92 Å². The summed E-state index contributed by atoms with van der Waals surface area (Å²) in [6, 6.07) is 11.6. The SMILES string of the molecule is Cc1cccc(-c2nnc3cc(C=O)ccn23)c1. The highest BCUT2D eigenvalue weighted by atomic mass is 16.1. The highest BCUT2D eigenvalue weighted by Crippen LogP contribution is 2.19. The summed E-state index contributed by atoms with van der Waals surface area (Å²) < 4.78 is 1.88. The van der Waals surface area contributed by atoms with E-state index in [2.05, 4.69) is 16.3 Å². The van der Waals surface area contributed by atoms with E-state index in [9.17, 15) is 4.79 Å². The summed E-state index contributed by atoms with van der Waals surface area (Å²) in [6.07, 6.45) is 2.62. The van der Waals surface area contributed by atoms with Crippen LogP contribution in [0.5, 0.6) is 0 Å². The van der Waals surface area contributed by atoms with Gasteiger partial charge in [-0.15, -0.1) is 10.2 Å².